The van der Waals surface area contributed by atoms with Crippen molar-refractivity contribution in [2.24, 2.45) is 0 Å². The minimum Gasteiger partial charge on any atom is -0.303 e. The Morgan fingerprint density at radius 2 is 1.79 bits per heavy atom. The number of aryl methyl sites for hydroxylation is 2. The highest BCUT2D eigenvalue weighted by molar-refractivity contribution is 14.1. The molecule has 126 valence electrons. The number of benzene rings is 2. The molecule has 0 aliphatic heterocycles. The van der Waals surface area contributed by atoms with E-state index in [9.17, 15) is 4.79 Å². The van der Waals surface area contributed by atoms with Gasteiger partial charge in [-0.15, -0.1) is 0 Å². The molecule has 2 aromatic carbocycles. The van der Waals surface area contributed by atoms with Gasteiger partial charge in [-0.1, -0.05) is 33.6 Å². The molecule has 2 aromatic rings. The average Bonchev–Trinajstić information content (AvgIpc) is 2.49. The number of hydrogen-bond acceptors (Lipinski definition) is 1. The maximum Gasteiger partial charge on any atom is 0.258 e. The Balaban J connectivity index is 2.51. The van der Waals surface area contributed by atoms with Crippen LogP contribution in [0.4, 0.5) is 5.69 Å². The van der Waals surface area contributed by atoms with Gasteiger partial charge in [-0.05, 0) is 91.7 Å². The molecule has 2 rings (SSSR count). The summed E-state index contributed by atoms with van der Waals surface area (Å²) in [6, 6.07) is 11.8. The summed E-state index contributed by atoms with van der Waals surface area (Å²) in [4.78, 5) is 15.0. The highest BCUT2D eigenvalue weighted by Gasteiger charge is 2.21. The van der Waals surface area contributed by atoms with E-state index >= 15 is 0 Å². The molecular formula is C20H21BrINO. The van der Waals surface area contributed by atoms with Crippen molar-refractivity contribution < 1.29 is 4.79 Å². The SMILES string of the molecule is CC(C)=CCN(C(=O)c1ccc(Br)cc1)c1c(C)cc(C)cc1I. The van der Waals surface area contributed by atoms with Gasteiger partial charge in [0.2, 0.25) is 0 Å². The van der Waals surface area contributed by atoms with Gasteiger partial charge < -0.3 is 4.90 Å². The first-order valence-corrected chi connectivity index (χ1v) is 9.64. The second kappa shape index (κ2) is 8.30. The van der Waals surface area contributed by atoms with Crippen molar-refractivity contribution >= 4 is 50.1 Å². The summed E-state index contributed by atoms with van der Waals surface area (Å²) < 4.78 is 2.06. The van der Waals surface area contributed by atoms with Crippen LogP contribution in [0.3, 0.4) is 0 Å². The maximum absolute atomic E-state index is 13.1. The van der Waals surface area contributed by atoms with Crippen molar-refractivity contribution in [1.82, 2.24) is 0 Å². The number of hydrogen-bond donors (Lipinski definition) is 0. The van der Waals surface area contributed by atoms with Gasteiger partial charge in [0.05, 0.1) is 5.69 Å². The van der Waals surface area contributed by atoms with Gasteiger partial charge in [-0.2, -0.15) is 0 Å². The van der Waals surface area contributed by atoms with Crippen LogP contribution in [-0.4, -0.2) is 12.5 Å². The lowest BCUT2D eigenvalue weighted by Crippen LogP contribution is -2.32. The zero-order valence-corrected chi connectivity index (χ0v) is 18.1. The monoisotopic (exact) mass is 497 g/mol. The zero-order valence-electron chi connectivity index (χ0n) is 14.4. The van der Waals surface area contributed by atoms with Crippen LogP contribution < -0.4 is 4.90 Å². The molecule has 2 nitrogen and oxygen atoms in total. The van der Waals surface area contributed by atoms with E-state index in [1.807, 2.05) is 29.2 Å². The van der Waals surface area contributed by atoms with Crippen molar-refractivity contribution in [2.75, 3.05) is 11.4 Å². The predicted octanol–water partition coefficient (Wildman–Crippen LogP) is 6.28. The Hall–Kier alpha value is -1.14. The van der Waals surface area contributed by atoms with E-state index in [-0.39, 0.29) is 5.91 Å². The molecule has 0 aliphatic carbocycles. The molecule has 0 saturated carbocycles. The van der Waals surface area contributed by atoms with E-state index in [1.165, 1.54) is 11.1 Å². The van der Waals surface area contributed by atoms with E-state index < -0.39 is 0 Å². The van der Waals surface area contributed by atoms with E-state index in [2.05, 4.69) is 84.4 Å². The minimum atomic E-state index is 0.0184. The third kappa shape index (κ3) is 4.70. The fourth-order valence-corrected chi connectivity index (χ4v) is 4.02. The molecule has 0 aliphatic rings. The van der Waals surface area contributed by atoms with Crippen LogP contribution in [0, 0.1) is 17.4 Å². The maximum atomic E-state index is 13.1. The molecule has 24 heavy (non-hydrogen) atoms. The molecule has 0 N–H and O–H groups in total. The summed E-state index contributed by atoms with van der Waals surface area (Å²) in [5.41, 5.74) is 5.21. The van der Waals surface area contributed by atoms with Gasteiger partial charge >= 0.3 is 0 Å². The van der Waals surface area contributed by atoms with Crippen LogP contribution in [0.5, 0.6) is 0 Å². The lowest BCUT2D eigenvalue weighted by atomic mass is 10.1. The topological polar surface area (TPSA) is 20.3 Å². The number of halogens is 2. The summed E-state index contributed by atoms with van der Waals surface area (Å²) >= 11 is 5.74. The number of carbonyl (C=O) groups excluding carboxylic acids is 1. The van der Waals surface area contributed by atoms with Crippen LogP contribution in [0.25, 0.3) is 0 Å². The zero-order chi connectivity index (χ0) is 17.9. The largest absolute Gasteiger partial charge is 0.303 e. The molecule has 0 fully saturated rings. The third-order valence-electron chi connectivity index (χ3n) is 3.69. The van der Waals surface area contributed by atoms with Gasteiger partial charge in [-0.3, -0.25) is 4.79 Å². The number of anilines is 1. The molecular weight excluding hydrogens is 477 g/mol. The molecule has 0 unspecified atom stereocenters. The predicted molar refractivity (Wildman–Crippen MR) is 114 cm³/mol. The van der Waals surface area contributed by atoms with Gasteiger partial charge in [0.1, 0.15) is 0 Å². The first-order valence-electron chi connectivity index (χ1n) is 7.77. The van der Waals surface area contributed by atoms with E-state index in [4.69, 9.17) is 0 Å². The van der Waals surface area contributed by atoms with Gasteiger partial charge in [-0.25, -0.2) is 0 Å². The molecule has 0 aromatic heterocycles. The van der Waals surface area contributed by atoms with E-state index in [0.29, 0.717) is 12.1 Å². The van der Waals surface area contributed by atoms with Crippen molar-refractivity contribution in [1.29, 1.82) is 0 Å². The molecule has 1 amide bonds. The van der Waals surface area contributed by atoms with E-state index in [0.717, 1.165) is 19.3 Å². The Bertz CT molecular complexity index is 754. The van der Waals surface area contributed by atoms with Crippen LogP contribution in [-0.2, 0) is 0 Å². The highest BCUT2D eigenvalue weighted by atomic mass is 127. The normalized spacial score (nSPS) is 10.4. The number of nitrogens with zero attached hydrogens (tertiary/aromatic N) is 1. The Labute approximate surface area is 166 Å². The van der Waals surface area contributed by atoms with Gasteiger partial charge in [0.15, 0.2) is 0 Å². The summed E-state index contributed by atoms with van der Waals surface area (Å²) in [7, 11) is 0. The summed E-state index contributed by atoms with van der Waals surface area (Å²) in [6.45, 7) is 8.81. The first-order chi connectivity index (χ1) is 11.3. The highest BCUT2D eigenvalue weighted by Crippen LogP contribution is 2.30. The van der Waals surface area contributed by atoms with Crippen molar-refractivity contribution in [3.05, 3.63) is 72.8 Å². The van der Waals surface area contributed by atoms with Crippen molar-refractivity contribution in [2.45, 2.75) is 27.7 Å². The fraction of sp³-hybridized carbons (Fsp3) is 0.250. The van der Waals surface area contributed by atoms with Crippen LogP contribution in [0.2, 0.25) is 0 Å². The second-order valence-corrected chi connectivity index (χ2v) is 8.19. The molecule has 0 heterocycles. The Morgan fingerprint density at radius 3 is 2.33 bits per heavy atom. The molecule has 0 spiro atoms. The molecule has 4 heteroatoms. The molecule has 0 bridgehead atoms. The quantitative estimate of drug-likeness (QED) is 0.359. The smallest absolute Gasteiger partial charge is 0.258 e. The van der Waals surface area contributed by atoms with Crippen LogP contribution in [0.15, 0.2) is 52.5 Å². The summed E-state index contributed by atoms with van der Waals surface area (Å²) in [5, 5.41) is 0. The third-order valence-corrected chi connectivity index (χ3v) is 5.04. The fourth-order valence-electron chi connectivity index (χ4n) is 2.55. The average molecular weight is 498 g/mol. The Kier molecular flexibility index (Phi) is 6.63. The van der Waals surface area contributed by atoms with Gasteiger partial charge in [0.25, 0.3) is 5.91 Å². The lowest BCUT2D eigenvalue weighted by Gasteiger charge is -2.25. The number of rotatable bonds is 4. The van der Waals surface area contributed by atoms with E-state index in [1.54, 1.807) is 0 Å². The second-order valence-electron chi connectivity index (χ2n) is 6.12. The number of amides is 1. The Morgan fingerprint density at radius 1 is 1.17 bits per heavy atom. The van der Waals surface area contributed by atoms with Gasteiger partial charge in [0, 0.05) is 20.2 Å². The standard InChI is InChI=1S/C20H21BrINO/c1-13(2)9-10-23(19-15(4)11-14(3)12-18(19)22)20(24)16-5-7-17(21)8-6-16/h5-9,11-12H,10H2,1-4H3. The van der Waals surface area contributed by atoms with Crippen molar-refractivity contribution in [3.63, 3.8) is 0 Å². The van der Waals surface area contributed by atoms with Crippen molar-refractivity contribution in [3.8, 4) is 0 Å². The van der Waals surface area contributed by atoms with Crippen LogP contribution >= 0.6 is 38.5 Å². The molecule has 0 atom stereocenters. The lowest BCUT2D eigenvalue weighted by molar-refractivity contribution is 0.0989. The van der Waals surface area contributed by atoms with Crippen LogP contribution in [0.1, 0.15) is 35.3 Å². The minimum absolute atomic E-state index is 0.0184. The molecule has 0 saturated heterocycles. The summed E-state index contributed by atoms with van der Waals surface area (Å²) in [6.07, 6.45) is 2.09. The number of carbonyl (C=O) groups is 1. The first kappa shape index (κ1) is 19.2. The molecule has 0 radical (unpaired) electrons. The number of allylic oxidation sites excluding steroid dienone is 1. The summed E-state index contributed by atoms with van der Waals surface area (Å²) in [5.74, 6) is 0.0184.